The van der Waals surface area contributed by atoms with Crippen LogP contribution in [0.25, 0.3) is 5.65 Å². The third-order valence-corrected chi connectivity index (χ3v) is 4.31. The Morgan fingerprint density at radius 2 is 2.00 bits per heavy atom. The predicted octanol–water partition coefficient (Wildman–Crippen LogP) is 3.60. The number of hydrogen-bond acceptors (Lipinski definition) is 3. The zero-order valence-corrected chi connectivity index (χ0v) is 12.5. The first-order valence-corrected chi connectivity index (χ1v) is 7.70. The minimum atomic E-state index is -1.01. The third kappa shape index (κ3) is 2.64. The second-order valence-electron chi connectivity index (χ2n) is 6.20. The number of nitrogens with zero attached hydrogens (tertiary/aromatic N) is 3. The molecular formula is C16H21N3O2. The van der Waals surface area contributed by atoms with Crippen LogP contribution in [-0.2, 0) is 0 Å². The smallest absolute Gasteiger partial charge is 0.356 e. The van der Waals surface area contributed by atoms with E-state index in [1.807, 2.05) is 0 Å². The van der Waals surface area contributed by atoms with Gasteiger partial charge in [-0.25, -0.2) is 14.3 Å². The highest BCUT2D eigenvalue weighted by Crippen LogP contribution is 2.33. The lowest BCUT2D eigenvalue weighted by atomic mass is 9.86. The maximum Gasteiger partial charge on any atom is 0.356 e. The van der Waals surface area contributed by atoms with E-state index in [1.54, 1.807) is 10.6 Å². The highest BCUT2D eigenvalue weighted by molar-refractivity contribution is 5.86. The van der Waals surface area contributed by atoms with Crippen LogP contribution in [0.15, 0.2) is 12.1 Å². The summed E-state index contributed by atoms with van der Waals surface area (Å²) in [4.78, 5) is 15.8. The molecule has 0 amide bonds. The molecule has 5 heteroatoms. The number of aromatic carboxylic acids is 1. The molecule has 1 N–H and O–H groups in total. The molecule has 0 atom stereocenters. The lowest BCUT2D eigenvalue weighted by Gasteiger charge is -2.22. The Morgan fingerprint density at radius 1 is 1.29 bits per heavy atom. The first kappa shape index (κ1) is 14.0. The SMILES string of the molecule is CC(C)c1cc(C2CCCCC2)nc2cc(C(=O)O)nn12. The molecule has 0 radical (unpaired) electrons. The minimum absolute atomic E-state index is 0.0604. The van der Waals surface area contributed by atoms with E-state index in [4.69, 9.17) is 5.11 Å². The van der Waals surface area contributed by atoms with E-state index in [2.05, 4.69) is 30.0 Å². The largest absolute Gasteiger partial charge is 0.476 e. The van der Waals surface area contributed by atoms with Crippen LogP contribution in [0.3, 0.4) is 0 Å². The van der Waals surface area contributed by atoms with Crippen LogP contribution < -0.4 is 0 Å². The fraction of sp³-hybridized carbons (Fsp3) is 0.562. The van der Waals surface area contributed by atoms with Gasteiger partial charge in [-0.1, -0.05) is 33.1 Å². The monoisotopic (exact) mass is 287 g/mol. The van der Waals surface area contributed by atoms with Crippen molar-refractivity contribution in [3.05, 3.63) is 29.2 Å². The average molecular weight is 287 g/mol. The van der Waals surface area contributed by atoms with Crippen molar-refractivity contribution in [2.45, 2.75) is 57.8 Å². The fourth-order valence-electron chi connectivity index (χ4n) is 3.14. The number of carbonyl (C=O) groups is 1. The summed E-state index contributed by atoms with van der Waals surface area (Å²) in [5, 5.41) is 13.3. The van der Waals surface area contributed by atoms with E-state index in [1.165, 1.54) is 32.1 Å². The molecule has 3 rings (SSSR count). The van der Waals surface area contributed by atoms with Crippen LogP contribution in [0.4, 0.5) is 0 Å². The third-order valence-electron chi connectivity index (χ3n) is 4.31. The second kappa shape index (κ2) is 5.47. The van der Waals surface area contributed by atoms with Gasteiger partial charge in [0.05, 0.1) is 0 Å². The Balaban J connectivity index is 2.11. The summed E-state index contributed by atoms with van der Waals surface area (Å²) in [6.45, 7) is 4.20. The van der Waals surface area contributed by atoms with Crippen LogP contribution in [0, 0.1) is 0 Å². The summed E-state index contributed by atoms with van der Waals surface area (Å²) in [5.41, 5.74) is 2.85. The summed E-state index contributed by atoms with van der Waals surface area (Å²) in [7, 11) is 0. The van der Waals surface area contributed by atoms with Crippen LogP contribution in [-0.4, -0.2) is 25.7 Å². The normalized spacial score (nSPS) is 16.7. The first-order chi connectivity index (χ1) is 10.1. The van der Waals surface area contributed by atoms with E-state index in [0.717, 1.165) is 11.4 Å². The zero-order chi connectivity index (χ0) is 15.0. The van der Waals surface area contributed by atoms with Crippen LogP contribution in [0.5, 0.6) is 0 Å². The van der Waals surface area contributed by atoms with E-state index < -0.39 is 5.97 Å². The van der Waals surface area contributed by atoms with Gasteiger partial charge in [0.2, 0.25) is 0 Å². The van der Waals surface area contributed by atoms with E-state index in [9.17, 15) is 4.79 Å². The molecular weight excluding hydrogens is 266 g/mol. The summed E-state index contributed by atoms with van der Waals surface area (Å²) < 4.78 is 1.68. The van der Waals surface area contributed by atoms with Gasteiger partial charge in [-0.3, -0.25) is 0 Å². The lowest BCUT2D eigenvalue weighted by Crippen LogP contribution is -2.11. The molecule has 0 aliphatic heterocycles. The maximum absolute atomic E-state index is 11.1. The molecule has 0 bridgehead atoms. The summed E-state index contributed by atoms with van der Waals surface area (Å²) >= 11 is 0. The van der Waals surface area contributed by atoms with Crippen molar-refractivity contribution in [3.8, 4) is 0 Å². The van der Waals surface area contributed by atoms with E-state index in [0.29, 0.717) is 11.6 Å². The van der Waals surface area contributed by atoms with Gasteiger partial charge in [-0.05, 0) is 24.8 Å². The Labute approximate surface area is 124 Å². The van der Waals surface area contributed by atoms with Crippen LogP contribution >= 0.6 is 0 Å². The number of rotatable bonds is 3. The van der Waals surface area contributed by atoms with Gasteiger partial charge in [0, 0.05) is 23.4 Å². The average Bonchev–Trinajstić information content (AvgIpc) is 2.91. The first-order valence-electron chi connectivity index (χ1n) is 7.70. The second-order valence-corrected chi connectivity index (χ2v) is 6.20. The standard InChI is InChI=1S/C16H21N3O2/c1-10(2)14-8-12(11-6-4-3-5-7-11)17-15-9-13(16(20)21)18-19(14)15/h8-11H,3-7H2,1-2H3,(H,20,21). The molecule has 0 aromatic carbocycles. The number of hydrogen-bond donors (Lipinski definition) is 1. The lowest BCUT2D eigenvalue weighted by molar-refractivity contribution is 0.0690. The summed E-state index contributed by atoms with van der Waals surface area (Å²) in [6.07, 6.45) is 6.19. The number of fused-ring (bicyclic) bond motifs is 1. The summed E-state index contributed by atoms with van der Waals surface area (Å²) in [5.74, 6) is -0.224. The summed E-state index contributed by atoms with van der Waals surface area (Å²) in [6, 6.07) is 3.69. The van der Waals surface area contributed by atoms with Crippen molar-refractivity contribution >= 4 is 11.6 Å². The molecule has 0 spiro atoms. The highest BCUT2D eigenvalue weighted by Gasteiger charge is 2.21. The van der Waals surface area contributed by atoms with Crippen molar-refractivity contribution < 1.29 is 9.90 Å². The number of carboxylic acid groups (broad SMARTS) is 1. The molecule has 2 heterocycles. The molecule has 21 heavy (non-hydrogen) atoms. The van der Waals surface area contributed by atoms with Gasteiger partial charge in [0.15, 0.2) is 11.3 Å². The number of carboxylic acids is 1. The molecule has 1 saturated carbocycles. The van der Waals surface area contributed by atoms with E-state index in [-0.39, 0.29) is 11.6 Å². The maximum atomic E-state index is 11.1. The van der Waals surface area contributed by atoms with E-state index >= 15 is 0 Å². The van der Waals surface area contributed by atoms with Gasteiger partial charge in [0.25, 0.3) is 0 Å². The Kier molecular flexibility index (Phi) is 3.66. The Morgan fingerprint density at radius 3 is 2.62 bits per heavy atom. The Hall–Kier alpha value is -1.91. The quantitative estimate of drug-likeness (QED) is 0.936. The Bertz CT molecular complexity index is 669. The molecule has 112 valence electrons. The highest BCUT2D eigenvalue weighted by atomic mass is 16.4. The molecule has 5 nitrogen and oxygen atoms in total. The van der Waals surface area contributed by atoms with Crippen LogP contribution in [0.2, 0.25) is 0 Å². The van der Waals surface area contributed by atoms with Crippen molar-refractivity contribution in [2.24, 2.45) is 0 Å². The van der Waals surface area contributed by atoms with Gasteiger partial charge < -0.3 is 5.11 Å². The fourth-order valence-corrected chi connectivity index (χ4v) is 3.14. The van der Waals surface area contributed by atoms with Gasteiger partial charge >= 0.3 is 5.97 Å². The molecule has 1 aliphatic rings. The van der Waals surface area contributed by atoms with Gasteiger partial charge in [-0.2, -0.15) is 5.10 Å². The van der Waals surface area contributed by atoms with Crippen molar-refractivity contribution in [3.63, 3.8) is 0 Å². The molecule has 2 aromatic heterocycles. The van der Waals surface area contributed by atoms with Crippen LogP contribution in [0.1, 0.15) is 79.7 Å². The molecule has 0 unspecified atom stereocenters. The van der Waals surface area contributed by atoms with Crippen molar-refractivity contribution in [1.82, 2.24) is 14.6 Å². The van der Waals surface area contributed by atoms with Gasteiger partial charge in [0.1, 0.15) is 0 Å². The van der Waals surface area contributed by atoms with Gasteiger partial charge in [-0.15, -0.1) is 0 Å². The molecule has 1 fully saturated rings. The number of aromatic nitrogens is 3. The predicted molar refractivity (Wildman–Crippen MR) is 79.9 cm³/mol. The molecule has 2 aromatic rings. The van der Waals surface area contributed by atoms with Crippen molar-refractivity contribution in [2.75, 3.05) is 0 Å². The molecule has 0 saturated heterocycles. The molecule has 1 aliphatic carbocycles. The topological polar surface area (TPSA) is 67.5 Å². The minimum Gasteiger partial charge on any atom is -0.476 e. The van der Waals surface area contributed by atoms with Crippen molar-refractivity contribution in [1.29, 1.82) is 0 Å². The zero-order valence-electron chi connectivity index (χ0n) is 12.5.